The Morgan fingerprint density at radius 2 is 1.88 bits per heavy atom. The number of halogens is 3. The van der Waals surface area contributed by atoms with E-state index >= 15 is 0 Å². The first-order valence-electron chi connectivity index (χ1n) is 4.88. The molecule has 16 heavy (non-hydrogen) atoms. The fraction of sp³-hybridized carbons (Fsp3) is 0.500. The fourth-order valence-electron chi connectivity index (χ4n) is 1.68. The predicted octanol–water partition coefficient (Wildman–Crippen LogP) is 2.51. The second-order valence-electron chi connectivity index (χ2n) is 3.66. The van der Waals surface area contributed by atoms with E-state index in [-0.39, 0.29) is 24.8 Å². The standard InChI is InChI=1S/C10H14ClN3.2ClH/c11-8-1-2-10(13-7-8)14-5-3-9(12)4-6-14;;/h1-2,7,9H,3-6,12H2;2*1H. The van der Waals surface area contributed by atoms with E-state index in [0.29, 0.717) is 11.1 Å². The van der Waals surface area contributed by atoms with E-state index in [1.807, 2.05) is 12.1 Å². The highest BCUT2D eigenvalue weighted by atomic mass is 35.5. The quantitative estimate of drug-likeness (QED) is 0.861. The maximum Gasteiger partial charge on any atom is 0.128 e. The first-order chi connectivity index (χ1) is 6.75. The third-order valence-electron chi connectivity index (χ3n) is 2.58. The summed E-state index contributed by atoms with van der Waals surface area (Å²) in [4.78, 5) is 6.53. The van der Waals surface area contributed by atoms with E-state index in [1.54, 1.807) is 6.20 Å². The normalized spacial score (nSPS) is 16.2. The molecule has 0 bridgehead atoms. The molecule has 6 heteroatoms. The number of pyridine rings is 1. The Morgan fingerprint density at radius 1 is 1.25 bits per heavy atom. The van der Waals surface area contributed by atoms with Crippen molar-refractivity contribution in [2.75, 3.05) is 18.0 Å². The van der Waals surface area contributed by atoms with Crippen molar-refractivity contribution in [1.82, 2.24) is 4.98 Å². The van der Waals surface area contributed by atoms with Crippen LogP contribution in [0.2, 0.25) is 5.02 Å². The Balaban J connectivity index is 0.00000112. The third kappa shape index (κ3) is 3.98. The van der Waals surface area contributed by atoms with Crippen LogP contribution in [0.5, 0.6) is 0 Å². The van der Waals surface area contributed by atoms with E-state index in [9.17, 15) is 0 Å². The molecule has 1 aliphatic heterocycles. The zero-order valence-corrected chi connectivity index (χ0v) is 11.2. The molecule has 1 aromatic rings. The lowest BCUT2D eigenvalue weighted by Gasteiger charge is -2.30. The van der Waals surface area contributed by atoms with Gasteiger partial charge in [0.2, 0.25) is 0 Å². The van der Waals surface area contributed by atoms with Crippen LogP contribution < -0.4 is 10.6 Å². The van der Waals surface area contributed by atoms with Crippen molar-refractivity contribution in [1.29, 1.82) is 0 Å². The van der Waals surface area contributed by atoms with Crippen molar-refractivity contribution in [2.24, 2.45) is 5.73 Å². The predicted molar refractivity (Wildman–Crippen MR) is 73.2 cm³/mol. The molecule has 1 fully saturated rings. The Bertz CT molecular complexity index is 297. The highest BCUT2D eigenvalue weighted by Gasteiger charge is 2.16. The Kier molecular flexibility index (Phi) is 7.07. The minimum Gasteiger partial charge on any atom is -0.357 e. The molecule has 0 radical (unpaired) electrons. The fourth-order valence-corrected chi connectivity index (χ4v) is 1.80. The molecule has 0 saturated carbocycles. The summed E-state index contributed by atoms with van der Waals surface area (Å²) in [5.41, 5.74) is 5.83. The first-order valence-corrected chi connectivity index (χ1v) is 5.25. The van der Waals surface area contributed by atoms with E-state index in [4.69, 9.17) is 17.3 Å². The van der Waals surface area contributed by atoms with Crippen molar-refractivity contribution < 1.29 is 0 Å². The molecule has 2 rings (SSSR count). The number of hydrogen-bond donors (Lipinski definition) is 1. The maximum atomic E-state index is 5.83. The number of piperidine rings is 1. The molecule has 1 aromatic heterocycles. The van der Waals surface area contributed by atoms with Crippen LogP contribution in [0.3, 0.4) is 0 Å². The van der Waals surface area contributed by atoms with Crippen LogP contribution in [0.1, 0.15) is 12.8 Å². The average Bonchev–Trinajstić information content (AvgIpc) is 2.21. The van der Waals surface area contributed by atoms with Gasteiger partial charge < -0.3 is 10.6 Å². The molecular formula is C10H16Cl3N3. The topological polar surface area (TPSA) is 42.1 Å². The summed E-state index contributed by atoms with van der Waals surface area (Å²) < 4.78 is 0. The molecule has 2 heterocycles. The number of nitrogens with two attached hydrogens (primary N) is 1. The van der Waals surface area contributed by atoms with E-state index < -0.39 is 0 Å². The van der Waals surface area contributed by atoms with Crippen molar-refractivity contribution in [3.63, 3.8) is 0 Å². The molecule has 0 aromatic carbocycles. The van der Waals surface area contributed by atoms with Crippen LogP contribution in [0, 0.1) is 0 Å². The van der Waals surface area contributed by atoms with Gasteiger partial charge in [0.25, 0.3) is 0 Å². The van der Waals surface area contributed by atoms with Gasteiger partial charge in [-0.15, -0.1) is 24.8 Å². The molecule has 1 saturated heterocycles. The highest BCUT2D eigenvalue weighted by Crippen LogP contribution is 2.18. The lowest BCUT2D eigenvalue weighted by Crippen LogP contribution is -2.40. The van der Waals surface area contributed by atoms with Gasteiger partial charge in [-0.2, -0.15) is 0 Å². The summed E-state index contributed by atoms with van der Waals surface area (Å²) in [7, 11) is 0. The summed E-state index contributed by atoms with van der Waals surface area (Å²) in [6.07, 6.45) is 3.78. The van der Waals surface area contributed by atoms with Gasteiger partial charge in [-0.1, -0.05) is 11.6 Å². The number of rotatable bonds is 1. The van der Waals surface area contributed by atoms with Crippen molar-refractivity contribution in [2.45, 2.75) is 18.9 Å². The summed E-state index contributed by atoms with van der Waals surface area (Å²) in [6, 6.07) is 4.19. The number of aromatic nitrogens is 1. The third-order valence-corrected chi connectivity index (χ3v) is 2.80. The molecule has 0 aliphatic carbocycles. The summed E-state index contributed by atoms with van der Waals surface area (Å²) in [6.45, 7) is 1.99. The Hall–Kier alpha value is -0.220. The van der Waals surface area contributed by atoms with Gasteiger partial charge in [-0.05, 0) is 25.0 Å². The van der Waals surface area contributed by atoms with Crippen LogP contribution in [-0.4, -0.2) is 24.1 Å². The SMILES string of the molecule is Cl.Cl.NC1CCN(c2ccc(Cl)cn2)CC1. The smallest absolute Gasteiger partial charge is 0.128 e. The first kappa shape index (κ1) is 15.8. The molecular weight excluding hydrogens is 268 g/mol. The van der Waals surface area contributed by atoms with Gasteiger partial charge in [0.05, 0.1) is 5.02 Å². The average molecular weight is 285 g/mol. The van der Waals surface area contributed by atoms with E-state index in [2.05, 4.69) is 9.88 Å². The van der Waals surface area contributed by atoms with Gasteiger partial charge in [-0.25, -0.2) is 4.98 Å². The Labute approximate surface area is 113 Å². The molecule has 2 N–H and O–H groups in total. The zero-order valence-electron chi connectivity index (χ0n) is 8.80. The van der Waals surface area contributed by atoms with Gasteiger partial charge in [-0.3, -0.25) is 0 Å². The van der Waals surface area contributed by atoms with Crippen molar-refractivity contribution in [3.05, 3.63) is 23.4 Å². The largest absolute Gasteiger partial charge is 0.357 e. The molecule has 1 aliphatic rings. The van der Waals surface area contributed by atoms with Gasteiger partial charge in [0.15, 0.2) is 0 Å². The second-order valence-corrected chi connectivity index (χ2v) is 4.10. The summed E-state index contributed by atoms with van der Waals surface area (Å²) >= 11 is 5.77. The van der Waals surface area contributed by atoms with Crippen molar-refractivity contribution >= 4 is 42.2 Å². The number of anilines is 1. The van der Waals surface area contributed by atoms with Crippen LogP contribution >= 0.6 is 36.4 Å². The molecule has 0 spiro atoms. The van der Waals surface area contributed by atoms with E-state index in [0.717, 1.165) is 31.7 Å². The van der Waals surface area contributed by atoms with Crippen LogP contribution in [0.25, 0.3) is 0 Å². The lowest BCUT2D eigenvalue weighted by molar-refractivity contribution is 0.498. The summed E-state index contributed by atoms with van der Waals surface area (Å²) in [5.74, 6) is 1.00. The van der Waals surface area contributed by atoms with Gasteiger partial charge in [0.1, 0.15) is 5.82 Å². The van der Waals surface area contributed by atoms with Crippen molar-refractivity contribution in [3.8, 4) is 0 Å². The van der Waals surface area contributed by atoms with Crippen LogP contribution in [-0.2, 0) is 0 Å². The minimum absolute atomic E-state index is 0. The molecule has 92 valence electrons. The van der Waals surface area contributed by atoms with Crippen LogP contribution in [0.4, 0.5) is 5.82 Å². The molecule has 0 atom stereocenters. The minimum atomic E-state index is 0. The van der Waals surface area contributed by atoms with Gasteiger partial charge in [0, 0.05) is 25.3 Å². The summed E-state index contributed by atoms with van der Waals surface area (Å²) in [5, 5.41) is 0.683. The van der Waals surface area contributed by atoms with Crippen LogP contribution in [0.15, 0.2) is 18.3 Å². The molecule has 3 nitrogen and oxygen atoms in total. The zero-order chi connectivity index (χ0) is 9.97. The van der Waals surface area contributed by atoms with Gasteiger partial charge >= 0.3 is 0 Å². The number of hydrogen-bond acceptors (Lipinski definition) is 3. The Morgan fingerprint density at radius 3 is 2.38 bits per heavy atom. The monoisotopic (exact) mass is 283 g/mol. The maximum absolute atomic E-state index is 5.83. The molecule has 0 unspecified atom stereocenters. The highest BCUT2D eigenvalue weighted by molar-refractivity contribution is 6.30. The van der Waals surface area contributed by atoms with E-state index in [1.165, 1.54) is 0 Å². The lowest BCUT2D eigenvalue weighted by atomic mass is 10.1. The second kappa shape index (κ2) is 7.17. The molecule has 0 amide bonds. The number of nitrogens with zero attached hydrogens (tertiary/aromatic N) is 2.